The quantitative estimate of drug-likeness (QED) is 0.846. The van der Waals surface area contributed by atoms with Gasteiger partial charge in [0.2, 0.25) is 5.91 Å². The zero-order valence-corrected chi connectivity index (χ0v) is 13.9. The second kappa shape index (κ2) is 7.01. The van der Waals surface area contributed by atoms with Crippen molar-refractivity contribution < 1.29 is 13.9 Å². The number of amides is 1. The van der Waals surface area contributed by atoms with Gasteiger partial charge in [-0.15, -0.1) is 0 Å². The number of carbonyl (C=O) groups is 1. The maximum atomic E-state index is 13.2. The molecule has 1 aliphatic heterocycles. The van der Waals surface area contributed by atoms with Crippen molar-refractivity contribution in [3.05, 3.63) is 65.5 Å². The molecule has 0 aliphatic carbocycles. The highest BCUT2D eigenvalue weighted by Gasteiger charge is 2.36. The third-order valence-electron chi connectivity index (χ3n) is 4.39. The summed E-state index contributed by atoms with van der Waals surface area (Å²) in [6.45, 7) is 1.00. The van der Waals surface area contributed by atoms with Gasteiger partial charge in [0.1, 0.15) is 17.7 Å². The Morgan fingerprint density at radius 3 is 2.42 bits per heavy atom. The highest BCUT2D eigenvalue weighted by molar-refractivity contribution is 5.81. The molecule has 1 saturated heterocycles. The molecule has 5 heteroatoms. The molecular formula is C19H21FN2O2. The Morgan fingerprint density at radius 2 is 1.79 bits per heavy atom. The number of nitrogens with zero attached hydrogens (tertiary/aromatic N) is 2. The van der Waals surface area contributed by atoms with Gasteiger partial charge in [-0.1, -0.05) is 24.3 Å². The molecule has 3 rings (SSSR count). The molecule has 0 spiro atoms. The molecule has 1 amide bonds. The van der Waals surface area contributed by atoms with Crippen LogP contribution in [0.25, 0.3) is 0 Å². The summed E-state index contributed by atoms with van der Waals surface area (Å²) >= 11 is 0. The molecule has 0 saturated carbocycles. The lowest BCUT2D eigenvalue weighted by molar-refractivity contribution is -0.128. The normalized spacial score (nSPS) is 18.2. The lowest BCUT2D eigenvalue weighted by atomic mass is 10.1. The van der Waals surface area contributed by atoms with Gasteiger partial charge in [0.15, 0.2) is 0 Å². The average molecular weight is 328 g/mol. The first-order valence-electron chi connectivity index (χ1n) is 7.96. The topological polar surface area (TPSA) is 32.8 Å². The molecule has 4 nitrogen and oxygen atoms in total. The molecule has 0 aromatic heterocycles. The van der Waals surface area contributed by atoms with Crippen molar-refractivity contribution in [1.29, 1.82) is 0 Å². The van der Waals surface area contributed by atoms with Gasteiger partial charge in [-0.25, -0.2) is 4.39 Å². The molecule has 0 radical (unpaired) electrons. The second-order valence-electron chi connectivity index (χ2n) is 6.03. The maximum Gasteiger partial charge on any atom is 0.238 e. The fourth-order valence-electron chi connectivity index (χ4n) is 3.12. The van der Waals surface area contributed by atoms with Gasteiger partial charge < -0.3 is 9.64 Å². The van der Waals surface area contributed by atoms with Gasteiger partial charge in [-0.05, 0) is 48.9 Å². The molecule has 0 bridgehead atoms. The Bertz CT molecular complexity index is 700. The summed E-state index contributed by atoms with van der Waals surface area (Å²) in [5.41, 5.74) is 2.08. The van der Waals surface area contributed by atoms with E-state index < -0.39 is 0 Å². The number of likely N-dealkylation sites (N-methyl/N-ethyl adjacent to an activating group) is 1. The van der Waals surface area contributed by atoms with Crippen LogP contribution in [0.1, 0.15) is 17.3 Å². The Labute approximate surface area is 141 Å². The van der Waals surface area contributed by atoms with E-state index in [4.69, 9.17) is 4.74 Å². The van der Waals surface area contributed by atoms with E-state index in [2.05, 4.69) is 0 Å². The molecule has 2 aromatic carbocycles. The number of carbonyl (C=O) groups excluding carboxylic acids is 1. The molecule has 1 aliphatic rings. The molecular weight excluding hydrogens is 307 g/mol. The second-order valence-corrected chi connectivity index (χ2v) is 6.03. The minimum Gasteiger partial charge on any atom is -0.497 e. The highest BCUT2D eigenvalue weighted by atomic mass is 19.1. The monoisotopic (exact) mass is 328 g/mol. The van der Waals surface area contributed by atoms with Crippen molar-refractivity contribution in [3.63, 3.8) is 0 Å². The van der Waals surface area contributed by atoms with Crippen LogP contribution in [0.4, 0.5) is 4.39 Å². The van der Waals surface area contributed by atoms with Crippen molar-refractivity contribution in [1.82, 2.24) is 9.80 Å². The minimum atomic E-state index is -0.268. The van der Waals surface area contributed by atoms with Crippen LogP contribution in [0.2, 0.25) is 0 Å². The van der Waals surface area contributed by atoms with Crippen LogP contribution in [0.15, 0.2) is 48.5 Å². The number of halogens is 1. The van der Waals surface area contributed by atoms with Crippen molar-refractivity contribution in [2.24, 2.45) is 0 Å². The third-order valence-corrected chi connectivity index (χ3v) is 4.39. The largest absolute Gasteiger partial charge is 0.497 e. The van der Waals surface area contributed by atoms with E-state index in [9.17, 15) is 9.18 Å². The molecule has 1 heterocycles. The number of benzene rings is 2. The summed E-state index contributed by atoms with van der Waals surface area (Å²) in [5, 5.41) is 0. The molecule has 1 atom stereocenters. The molecule has 1 unspecified atom stereocenters. The SMILES string of the molecule is COc1ccc(CCN2C(=O)CN(C)C2c2ccc(F)cc2)cc1. The van der Waals surface area contributed by atoms with E-state index in [0.717, 1.165) is 23.3 Å². The molecule has 0 N–H and O–H groups in total. The van der Waals surface area contributed by atoms with E-state index in [1.165, 1.54) is 12.1 Å². The summed E-state index contributed by atoms with van der Waals surface area (Å²) < 4.78 is 18.3. The highest BCUT2D eigenvalue weighted by Crippen LogP contribution is 2.29. The standard InChI is InChI=1S/C19H21FN2O2/c1-21-13-18(23)22(19(21)15-5-7-16(20)8-6-15)12-11-14-3-9-17(24-2)10-4-14/h3-10,19H,11-13H2,1-2H3. The van der Waals surface area contributed by atoms with Gasteiger partial charge in [-0.2, -0.15) is 0 Å². The average Bonchev–Trinajstić information content (AvgIpc) is 2.88. The van der Waals surface area contributed by atoms with Crippen molar-refractivity contribution in [2.45, 2.75) is 12.6 Å². The van der Waals surface area contributed by atoms with E-state index in [-0.39, 0.29) is 17.9 Å². The Kier molecular flexibility index (Phi) is 4.81. The van der Waals surface area contributed by atoms with Crippen LogP contribution in [-0.4, -0.2) is 43.0 Å². The minimum absolute atomic E-state index is 0.0975. The lowest BCUT2D eigenvalue weighted by Gasteiger charge is -2.28. The van der Waals surface area contributed by atoms with E-state index in [1.54, 1.807) is 19.2 Å². The zero-order valence-electron chi connectivity index (χ0n) is 13.9. The van der Waals surface area contributed by atoms with Crippen LogP contribution in [0.5, 0.6) is 5.75 Å². The van der Waals surface area contributed by atoms with E-state index in [1.807, 2.05) is 41.1 Å². The Morgan fingerprint density at radius 1 is 1.12 bits per heavy atom. The fraction of sp³-hybridized carbons (Fsp3) is 0.316. The molecule has 24 heavy (non-hydrogen) atoms. The molecule has 126 valence electrons. The van der Waals surface area contributed by atoms with Gasteiger partial charge in [-0.3, -0.25) is 9.69 Å². The number of rotatable bonds is 5. The summed E-state index contributed by atoms with van der Waals surface area (Å²) in [6.07, 6.45) is 0.623. The first-order chi connectivity index (χ1) is 11.6. The number of hydrogen-bond donors (Lipinski definition) is 0. The zero-order chi connectivity index (χ0) is 17.1. The van der Waals surface area contributed by atoms with Crippen LogP contribution >= 0.6 is 0 Å². The van der Waals surface area contributed by atoms with Crippen molar-refractivity contribution in [2.75, 3.05) is 27.2 Å². The summed E-state index contributed by atoms with van der Waals surface area (Å²) in [5.74, 6) is 0.649. The van der Waals surface area contributed by atoms with Gasteiger partial charge in [0.25, 0.3) is 0 Å². The Balaban J connectivity index is 1.73. The Hall–Kier alpha value is -2.40. The lowest BCUT2D eigenvalue weighted by Crippen LogP contribution is -2.32. The molecule has 1 fully saturated rings. The molecule has 2 aromatic rings. The first kappa shape index (κ1) is 16.5. The van der Waals surface area contributed by atoms with Gasteiger partial charge in [0.05, 0.1) is 13.7 Å². The fourth-order valence-corrected chi connectivity index (χ4v) is 3.12. The van der Waals surface area contributed by atoms with Crippen molar-refractivity contribution in [3.8, 4) is 5.75 Å². The summed E-state index contributed by atoms with van der Waals surface area (Å²) in [4.78, 5) is 16.2. The van der Waals surface area contributed by atoms with Crippen LogP contribution < -0.4 is 4.74 Å². The maximum absolute atomic E-state index is 13.2. The first-order valence-corrected chi connectivity index (χ1v) is 7.96. The summed E-state index contributed by atoms with van der Waals surface area (Å²) in [7, 11) is 3.56. The van der Waals surface area contributed by atoms with Crippen LogP contribution in [-0.2, 0) is 11.2 Å². The van der Waals surface area contributed by atoms with Gasteiger partial charge >= 0.3 is 0 Å². The summed E-state index contributed by atoms with van der Waals surface area (Å²) in [6, 6.07) is 14.2. The third kappa shape index (κ3) is 3.41. The predicted molar refractivity (Wildman–Crippen MR) is 90.2 cm³/mol. The van der Waals surface area contributed by atoms with E-state index in [0.29, 0.717) is 13.1 Å². The predicted octanol–water partition coefficient (Wildman–Crippen LogP) is 2.85. The number of ether oxygens (including phenoxy) is 1. The number of hydrogen-bond acceptors (Lipinski definition) is 3. The number of methoxy groups -OCH3 is 1. The van der Waals surface area contributed by atoms with Crippen molar-refractivity contribution >= 4 is 5.91 Å². The van der Waals surface area contributed by atoms with Crippen LogP contribution in [0.3, 0.4) is 0 Å². The van der Waals surface area contributed by atoms with Gasteiger partial charge in [0, 0.05) is 6.54 Å². The van der Waals surface area contributed by atoms with E-state index >= 15 is 0 Å². The smallest absolute Gasteiger partial charge is 0.238 e. The van der Waals surface area contributed by atoms with Crippen LogP contribution in [0, 0.1) is 5.82 Å².